The molecule has 1 aliphatic rings. The SMILES string of the molecule is Cc1ccc(NC(=S)NCc2ccc(C[NH+]3CCOCC3)cc2)cc1C. The number of hydrogen-bond donors (Lipinski definition) is 3. The lowest BCUT2D eigenvalue weighted by molar-refractivity contribution is -0.921. The van der Waals surface area contributed by atoms with Crippen LogP contribution >= 0.6 is 12.2 Å². The second-order valence-electron chi connectivity index (χ2n) is 6.96. The van der Waals surface area contributed by atoms with Crippen molar-refractivity contribution in [1.82, 2.24) is 5.32 Å². The van der Waals surface area contributed by atoms with E-state index in [4.69, 9.17) is 17.0 Å². The van der Waals surface area contributed by atoms with Gasteiger partial charge in [0.15, 0.2) is 5.11 Å². The summed E-state index contributed by atoms with van der Waals surface area (Å²) in [5, 5.41) is 7.18. The summed E-state index contributed by atoms with van der Waals surface area (Å²) in [7, 11) is 0. The van der Waals surface area contributed by atoms with E-state index in [1.54, 1.807) is 4.90 Å². The standard InChI is InChI=1S/C21H27N3OS/c1-16-3-8-20(13-17(16)2)23-21(26)22-14-18-4-6-19(7-5-18)15-24-9-11-25-12-10-24/h3-8,13H,9-12,14-15H2,1-2H3,(H2,22,23,26)/p+1. The van der Waals surface area contributed by atoms with E-state index in [-0.39, 0.29) is 0 Å². The van der Waals surface area contributed by atoms with Gasteiger partial charge in [-0.2, -0.15) is 0 Å². The van der Waals surface area contributed by atoms with Gasteiger partial charge in [-0.05, 0) is 54.9 Å². The highest BCUT2D eigenvalue weighted by Gasteiger charge is 2.13. The first-order chi connectivity index (χ1) is 12.6. The number of anilines is 1. The third-order valence-corrected chi connectivity index (χ3v) is 5.14. The summed E-state index contributed by atoms with van der Waals surface area (Å²) in [4.78, 5) is 1.60. The van der Waals surface area contributed by atoms with E-state index >= 15 is 0 Å². The molecule has 1 saturated heterocycles. The molecule has 3 rings (SSSR count). The molecule has 5 heteroatoms. The molecule has 26 heavy (non-hydrogen) atoms. The van der Waals surface area contributed by atoms with Crippen LogP contribution in [0, 0.1) is 13.8 Å². The van der Waals surface area contributed by atoms with E-state index in [1.165, 1.54) is 22.3 Å². The largest absolute Gasteiger partial charge is 0.370 e. The number of ether oxygens (including phenoxy) is 1. The predicted molar refractivity (Wildman–Crippen MR) is 111 cm³/mol. The Labute approximate surface area is 161 Å². The van der Waals surface area contributed by atoms with Gasteiger partial charge < -0.3 is 20.3 Å². The van der Waals surface area contributed by atoms with Crippen molar-refractivity contribution in [3.05, 3.63) is 64.7 Å². The number of morpholine rings is 1. The van der Waals surface area contributed by atoms with E-state index in [2.05, 4.69) is 66.9 Å². The van der Waals surface area contributed by atoms with Crippen LogP contribution in [0.2, 0.25) is 0 Å². The lowest BCUT2D eigenvalue weighted by Crippen LogP contribution is -3.12. The fourth-order valence-corrected chi connectivity index (χ4v) is 3.27. The third-order valence-electron chi connectivity index (χ3n) is 4.89. The maximum atomic E-state index is 5.42. The molecular weight excluding hydrogens is 342 g/mol. The minimum absolute atomic E-state index is 0.648. The molecule has 138 valence electrons. The molecule has 0 atom stereocenters. The zero-order valence-electron chi connectivity index (χ0n) is 15.6. The molecule has 2 aromatic rings. The summed E-state index contributed by atoms with van der Waals surface area (Å²) in [6.07, 6.45) is 0. The van der Waals surface area contributed by atoms with Gasteiger partial charge in [0.25, 0.3) is 0 Å². The number of rotatable bonds is 5. The van der Waals surface area contributed by atoms with Gasteiger partial charge >= 0.3 is 0 Å². The van der Waals surface area contributed by atoms with Gasteiger partial charge in [0.1, 0.15) is 19.6 Å². The van der Waals surface area contributed by atoms with Gasteiger partial charge in [0.2, 0.25) is 0 Å². The third kappa shape index (κ3) is 5.53. The lowest BCUT2D eigenvalue weighted by Gasteiger charge is -2.23. The zero-order chi connectivity index (χ0) is 18.4. The Morgan fingerprint density at radius 2 is 1.69 bits per heavy atom. The highest BCUT2D eigenvalue weighted by molar-refractivity contribution is 7.80. The van der Waals surface area contributed by atoms with Crippen molar-refractivity contribution in [3.63, 3.8) is 0 Å². The summed E-state index contributed by atoms with van der Waals surface area (Å²) >= 11 is 5.41. The van der Waals surface area contributed by atoms with Crippen LogP contribution in [0.25, 0.3) is 0 Å². The Morgan fingerprint density at radius 3 is 2.38 bits per heavy atom. The second-order valence-corrected chi connectivity index (χ2v) is 7.37. The number of hydrogen-bond acceptors (Lipinski definition) is 2. The summed E-state index contributed by atoms with van der Waals surface area (Å²) in [5.41, 5.74) is 6.18. The van der Waals surface area contributed by atoms with Crippen molar-refractivity contribution in [2.75, 3.05) is 31.6 Å². The van der Waals surface area contributed by atoms with Crippen molar-refractivity contribution in [3.8, 4) is 0 Å². The Hall–Kier alpha value is -1.95. The zero-order valence-corrected chi connectivity index (χ0v) is 16.4. The van der Waals surface area contributed by atoms with Gasteiger partial charge in [0, 0.05) is 17.8 Å². The molecule has 4 nitrogen and oxygen atoms in total. The van der Waals surface area contributed by atoms with Crippen molar-refractivity contribution >= 4 is 23.0 Å². The van der Waals surface area contributed by atoms with Gasteiger partial charge in [-0.15, -0.1) is 0 Å². The minimum atomic E-state index is 0.648. The summed E-state index contributed by atoms with van der Waals surface area (Å²) in [5.74, 6) is 0. The Morgan fingerprint density at radius 1 is 1.00 bits per heavy atom. The fraction of sp³-hybridized carbons (Fsp3) is 0.381. The average molecular weight is 371 g/mol. The number of nitrogens with one attached hydrogen (secondary N) is 3. The molecule has 0 unspecified atom stereocenters. The normalized spacial score (nSPS) is 14.8. The van der Waals surface area contributed by atoms with Crippen LogP contribution in [0.1, 0.15) is 22.3 Å². The molecule has 0 aromatic heterocycles. The molecule has 1 fully saturated rings. The molecule has 0 aliphatic carbocycles. The molecule has 0 spiro atoms. The highest BCUT2D eigenvalue weighted by Crippen LogP contribution is 2.14. The average Bonchev–Trinajstić information content (AvgIpc) is 2.65. The number of benzene rings is 2. The van der Waals surface area contributed by atoms with Crippen LogP contribution in [-0.2, 0) is 17.8 Å². The number of thiocarbonyl (C=S) groups is 1. The van der Waals surface area contributed by atoms with Crippen molar-refractivity contribution in [2.24, 2.45) is 0 Å². The number of aryl methyl sites for hydroxylation is 2. The van der Waals surface area contributed by atoms with Crippen LogP contribution < -0.4 is 15.5 Å². The van der Waals surface area contributed by atoms with Gasteiger partial charge in [0.05, 0.1) is 13.2 Å². The van der Waals surface area contributed by atoms with E-state index in [9.17, 15) is 0 Å². The second kappa shape index (κ2) is 9.12. The van der Waals surface area contributed by atoms with Gasteiger partial charge in [-0.3, -0.25) is 0 Å². The molecule has 3 N–H and O–H groups in total. The first-order valence-electron chi connectivity index (χ1n) is 9.21. The Kier molecular flexibility index (Phi) is 6.61. The molecule has 0 amide bonds. The molecule has 1 heterocycles. The summed E-state index contributed by atoms with van der Waals surface area (Å²) in [6, 6.07) is 15.1. The quantitative estimate of drug-likeness (QED) is 0.706. The molecular formula is C21H28N3OS+. The molecule has 0 bridgehead atoms. The lowest BCUT2D eigenvalue weighted by atomic mass is 10.1. The molecule has 2 aromatic carbocycles. The van der Waals surface area contributed by atoms with E-state index in [1.807, 2.05) is 0 Å². The predicted octanol–water partition coefficient (Wildman–Crippen LogP) is 2.21. The Balaban J connectivity index is 1.46. The van der Waals surface area contributed by atoms with E-state index in [0.29, 0.717) is 5.11 Å². The fourth-order valence-electron chi connectivity index (χ4n) is 3.08. The smallest absolute Gasteiger partial charge is 0.171 e. The van der Waals surface area contributed by atoms with Gasteiger partial charge in [-0.1, -0.05) is 30.3 Å². The van der Waals surface area contributed by atoms with E-state index < -0.39 is 0 Å². The maximum Gasteiger partial charge on any atom is 0.171 e. The van der Waals surface area contributed by atoms with Crippen LogP contribution in [0.4, 0.5) is 5.69 Å². The van der Waals surface area contributed by atoms with Gasteiger partial charge in [-0.25, -0.2) is 0 Å². The molecule has 0 saturated carbocycles. The molecule has 1 aliphatic heterocycles. The first kappa shape index (κ1) is 18.8. The molecule has 0 radical (unpaired) electrons. The van der Waals surface area contributed by atoms with Crippen molar-refractivity contribution in [2.45, 2.75) is 26.9 Å². The van der Waals surface area contributed by atoms with Crippen molar-refractivity contribution in [1.29, 1.82) is 0 Å². The Bertz CT molecular complexity index is 739. The summed E-state index contributed by atoms with van der Waals surface area (Å²) < 4.78 is 5.42. The minimum Gasteiger partial charge on any atom is -0.370 e. The van der Waals surface area contributed by atoms with Crippen LogP contribution in [0.15, 0.2) is 42.5 Å². The maximum absolute atomic E-state index is 5.42. The number of quaternary nitrogens is 1. The van der Waals surface area contributed by atoms with Crippen LogP contribution in [0.3, 0.4) is 0 Å². The van der Waals surface area contributed by atoms with Crippen LogP contribution in [-0.4, -0.2) is 31.4 Å². The van der Waals surface area contributed by atoms with Crippen LogP contribution in [0.5, 0.6) is 0 Å². The summed E-state index contributed by atoms with van der Waals surface area (Å²) in [6.45, 7) is 9.97. The van der Waals surface area contributed by atoms with Crippen molar-refractivity contribution < 1.29 is 9.64 Å². The first-order valence-corrected chi connectivity index (χ1v) is 9.62. The topological polar surface area (TPSA) is 37.7 Å². The monoisotopic (exact) mass is 370 g/mol. The van der Waals surface area contributed by atoms with E-state index in [0.717, 1.165) is 45.1 Å². The highest BCUT2D eigenvalue weighted by atomic mass is 32.1.